The van der Waals surface area contributed by atoms with Gasteiger partial charge in [0.05, 0.1) is 6.54 Å². The van der Waals surface area contributed by atoms with Crippen LogP contribution in [0.5, 0.6) is 0 Å². The Kier molecular flexibility index (Phi) is 7.69. The molecule has 1 unspecified atom stereocenters. The van der Waals surface area contributed by atoms with Crippen molar-refractivity contribution in [2.45, 2.75) is 57.2 Å². The van der Waals surface area contributed by atoms with E-state index in [-0.39, 0.29) is 5.91 Å². The lowest BCUT2D eigenvalue weighted by Gasteiger charge is -2.21. The molecule has 2 N–H and O–H groups in total. The van der Waals surface area contributed by atoms with Gasteiger partial charge in [-0.15, -0.1) is 0 Å². The summed E-state index contributed by atoms with van der Waals surface area (Å²) in [7, 11) is 0. The highest BCUT2D eigenvalue weighted by Crippen LogP contribution is 2.24. The minimum Gasteiger partial charge on any atom is -0.352 e. The van der Waals surface area contributed by atoms with E-state index in [2.05, 4.69) is 24.5 Å². The van der Waals surface area contributed by atoms with E-state index in [1.54, 1.807) is 0 Å². The zero-order chi connectivity index (χ0) is 12.5. The van der Waals surface area contributed by atoms with Gasteiger partial charge in [0, 0.05) is 17.8 Å². The molecule has 0 aromatic rings. The van der Waals surface area contributed by atoms with Gasteiger partial charge in [-0.1, -0.05) is 20.3 Å². The Morgan fingerprint density at radius 2 is 2.12 bits per heavy atom. The number of thioether (sulfide) groups is 1. The fraction of sp³-hybridized carbons (Fsp3) is 0.923. The molecule has 0 aliphatic carbocycles. The highest BCUT2D eigenvalue weighted by atomic mass is 32.2. The van der Waals surface area contributed by atoms with Crippen LogP contribution >= 0.6 is 11.8 Å². The molecule has 4 heteroatoms. The first kappa shape index (κ1) is 14.8. The summed E-state index contributed by atoms with van der Waals surface area (Å²) in [5.41, 5.74) is 0. The highest BCUT2D eigenvalue weighted by Gasteiger charge is 2.14. The lowest BCUT2D eigenvalue weighted by atomic mass is 10.2. The van der Waals surface area contributed by atoms with E-state index in [9.17, 15) is 4.79 Å². The first-order chi connectivity index (χ1) is 8.26. The van der Waals surface area contributed by atoms with Gasteiger partial charge in [-0.05, 0) is 31.4 Å². The van der Waals surface area contributed by atoms with Gasteiger partial charge in [0.2, 0.25) is 5.91 Å². The Balaban J connectivity index is 2.06. The average molecular weight is 258 g/mol. The number of amides is 1. The van der Waals surface area contributed by atoms with Gasteiger partial charge in [0.1, 0.15) is 0 Å². The topological polar surface area (TPSA) is 41.1 Å². The molecule has 1 saturated heterocycles. The summed E-state index contributed by atoms with van der Waals surface area (Å²) in [5.74, 6) is 1.42. The molecule has 0 radical (unpaired) electrons. The number of rotatable bonds is 7. The average Bonchev–Trinajstić information content (AvgIpc) is 2.37. The molecular weight excluding hydrogens is 232 g/mol. The maximum atomic E-state index is 11.6. The lowest BCUT2D eigenvalue weighted by molar-refractivity contribution is -0.121. The molecule has 100 valence electrons. The molecule has 1 fully saturated rings. The second kappa shape index (κ2) is 8.81. The molecule has 1 rings (SSSR count). The highest BCUT2D eigenvalue weighted by molar-refractivity contribution is 7.99. The Hall–Kier alpha value is -0.220. The third-order valence-electron chi connectivity index (χ3n) is 3.28. The second-order valence-corrected chi connectivity index (χ2v) is 6.11. The summed E-state index contributed by atoms with van der Waals surface area (Å²) in [5, 5.41) is 7.03. The smallest absolute Gasteiger partial charge is 0.234 e. The van der Waals surface area contributed by atoms with Crippen molar-refractivity contribution in [3.8, 4) is 0 Å². The van der Waals surface area contributed by atoms with Crippen molar-refractivity contribution >= 4 is 17.7 Å². The number of hydrogen-bond donors (Lipinski definition) is 2. The monoisotopic (exact) mass is 258 g/mol. The summed E-state index contributed by atoms with van der Waals surface area (Å²) < 4.78 is 0. The predicted molar refractivity (Wildman–Crippen MR) is 75.5 cm³/mol. The van der Waals surface area contributed by atoms with E-state index in [1.807, 2.05) is 11.8 Å². The standard InChI is InChI=1S/C13H26N2OS/c1-3-11(4-2)15-13(16)10-14-9-12-7-5-6-8-17-12/h11-12,14H,3-10H2,1-2H3,(H,15,16). The third kappa shape index (κ3) is 6.32. The van der Waals surface area contributed by atoms with E-state index in [4.69, 9.17) is 0 Å². The molecule has 0 aromatic carbocycles. The molecule has 1 atom stereocenters. The molecular formula is C13H26N2OS. The van der Waals surface area contributed by atoms with Crippen molar-refractivity contribution in [1.82, 2.24) is 10.6 Å². The molecule has 1 aliphatic rings. The first-order valence-electron chi connectivity index (χ1n) is 6.88. The van der Waals surface area contributed by atoms with Crippen molar-refractivity contribution < 1.29 is 4.79 Å². The molecule has 1 heterocycles. The second-order valence-electron chi connectivity index (χ2n) is 4.70. The van der Waals surface area contributed by atoms with Crippen LogP contribution in [0.2, 0.25) is 0 Å². The van der Waals surface area contributed by atoms with Crippen LogP contribution in [0.25, 0.3) is 0 Å². The number of hydrogen-bond acceptors (Lipinski definition) is 3. The fourth-order valence-corrected chi connectivity index (χ4v) is 3.36. The molecule has 1 amide bonds. The molecule has 3 nitrogen and oxygen atoms in total. The number of nitrogens with one attached hydrogen (secondary N) is 2. The van der Waals surface area contributed by atoms with Gasteiger partial charge in [0.15, 0.2) is 0 Å². The maximum Gasteiger partial charge on any atom is 0.234 e. The van der Waals surface area contributed by atoms with Crippen LogP contribution in [-0.2, 0) is 4.79 Å². The van der Waals surface area contributed by atoms with Crippen molar-refractivity contribution in [2.75, 3.05) is 18.8 Å². The molecule has 1 aliphatic heterocycles. The van der Waals surface area contributed by atoms with Gasteiger partial charge < -0.3 is 10.6 Å². The minimum atomic E-state index is 0.138. The summed E-state index contributed by atoms with van der Waals surface area (Å²) in [4.78, 5) is 11.6. The molecule has 17 heavy (non-hydrogen) atoms. The third-order valence-corrected chi connectivity index (χ3v) is 4.68. The Morgan fingerprint density at radius 1 is 1.35 bits per heavy atom. The van der Waals surface area contributed by atoms with Gasteiger partial charge in [0.25, 0.3) is 0 Å². The van der Waals surface area contributed by atoms with Crippen LogP contribution in [0.3, 0.4) is 0 Å². The minimum absolute atomic E-state index is 0.138. The van der Waals surface area contributed by atoms with Gasteiger partial charge >= 0.3 is 0 Å². The van der Waals surface area contributed by atoms with Crippen LogP contribution in [-0.4, -0.2) is 36.0 Å². The van der Waals surface area contributed by atoms with E-state index in [1.165, 1.54) is 25.0 Å². The normalized spacial score (nSPS) is 20.5. The Morgan fingerprint density at radius 3 is 2.71 bits per heavy atom. The van der Waals surface area contributed by atoms with Crippen LogP contribution in [0.1, 0.15) is 46.0 Å². The Labute approximate surface area is 109 Å². The van der Waals surface area contributed by atoms with Gasteiger partial charge in [-0.25, -0.2) is 0 Å². The molecule has 0 spiro atoms. The van der Waals surface area contributed by atoms with Gasteiger partial charge in [-0.2, -0.15) is 11.8 Å². The summed E-state index contributed by atoms with van der Waals surface area (Å²) in [6.07, 6.45) is 6.03. The summed E-state index contributed by atoms with van der Waals surface area (Å²) in [6.45, 7) is 5.66. The Bertz CT molecular complexity index is 213. The molecule has 0 aromatic heterocycles. The largest absolute Gasteiger partial charge is 0.352 e. The zero-order valence-electron chi connectivity index (χ0n) is 11.1. The molecule has 0 saturated carbocycles. The first-order valence-corrected chi connectivity index (χ1v) is 7.92. The van der Waals surface area contributed by atoms with Crippen LogP contribution in [0.15, 0.2) is 0 Å². The summed E-state index contributed by atoms with van der Waals surface area (Å²) in [6, 6.07) is 0.341. The van der Waals surface area contributed by atoms with E-state index < -0.39 is 0 Å². The predicted octanol–water partition coefficient (Wildman–Crippen LogP) is 2.17. The van der Waals surface area contributed by atoms with Crippen molar-refractivity contribution in [3.63, 3.8) is 0 Å². The maximum absolute atomic E-state index is 11.6. The van der Waals surface area contributed by atoms with Crippen LogP contribution < -0.4 is 10.6 Å². The van der Waals surface area contributed by atoms with Crippen molar-refractivity contribution in [1.29, 1.82) is 0 Å². The fourth-order valence-electron chi connectivity index (χ4n) is 2.09. The van der Waals surface area contributed by atoms with Crippen molar-refractivity contribution in [2.24, 2.45) is 0 Å². The lowest BCUT2D eigenvalue weighted by Crippen LogP contribution is -2.41. The SMILES string of the molecule is CCC(CC)NC(=O)CNCC1CCCCS1. The summed E-state index contributed by atoms with van der Waals surface area (Å²) >= 11 is 2.04. The quantitative estimate of drug-likeness (QED) is 0.735. The van der Waals surface area contributed by atoms with E-state index in [0.29, 0.717) is 17.8 Å². The number of carbonyl (C=O) groups is 1. The van der Waals surface area contributed by atoms with E-state index >= 15 is 0 Å². The van der Waals surface area contributed by atoms with Gasteiger partial charge in [-0.3, -0.25) is 4.79 Å². The van der Waals surface area contributed by atoms with E-state index in [0.717, 1.165) is 19.4 Å². The molecule has 0 bridgehead atoms. The number of carbonyl (C=O) groups excluding carboxylic acids is 1. The zero-order valence-corrected chi connectivity index (χ0v) is 11.9. The van der Waals surface area contributed by atoms with Crippen LogP contribution in [0.4, 0.5) is 0 Å². The van der Waals surface area contributed by atoms with Crippen LogP contribution in [0, 0.1) is 0 Å². The van der Waals surface area contributed by atoms with Crippen molar-refractivity contribution in [3.05, 3.63) is 0 Å².